The van der Waals surface area contributed by atoms with Crippen molar-refractivity contribution in [1.82, 2.24) is 5.32 Å². The molecule has 0 bridgehead atoms. The molecule has 1 rings (SSSR count). The van der Waals surface area contributed by atoms with Gasteiger partial charge in [0.15, 0.2) is 5.60 Å². The number of nitrogens with one attached hydrogen (secondary N) is 1. The van der Waals surface area contributed by atoms with Crippen LogP contribution in [0, 0.1) is 0 Å². The summed E-state index contributed by atoms with van der Waals surface area (Å²) < 4.78 is 4.86. The van der Waals surface area contributed by atoms with Crippen molar-refractivity contribution in [2.45, 2.75) is 24.5 Å². The predicted octanol–water partition coefficient (Wildman–Crippen LogP) is -0.635. The Morgan fingerprint density at radius 2 is 2.33 bits per heavy atom. The third-order valence-electron chi connectivity index (χ3n) is 2.24. The summed E-state index contributed by atoms with van der Waals surface area (Å²) in [5.74, 6) is -0.964. The van der Waals surface area contributed by atoms with Gasteiger partial charge < -0.3 is 15.2 Å². The SMILES string of the molecule is COC1(C(=O)O)CC(NC=O)C1. The van der Waals surface area contributed by atoms with Gasteiger partial charge in [-0.1, -0.05) is 0 Å². The summed E-state index contributed by atoms with van der Waals surface area (Å²) in [4.78, 5) is 20.6. The van der Waals surface area contributed by atoms with E-state index in [9.17, 15) is 9.59 Å². The number of carbonyl (C=O) groups excluding carboxylic acids is 1. The number of carbonyl (C=O) groups is 2. The van der Waals surface area contributed by atoms with Gasteiger partial charge in [0.2, 0.25) is 6.41 Å². The molecule has 2 N–H and O–H groups in total. The molecule has 1 amide bonds. The molecule has 0 unspecified atom stereocenters. The highest BCUT2D eigenvalue weighted by molar-refractivity contribution is 5.79. The summed E-state index contributed by atoms with van der Waals surface area (Å²) in [5.41, 5.74) is -1.07. The first-order valence-corrected chi connectivity index (χ1v) is 3.63. The molecule has 0 spiro atoms. The Labute approximate surface area is 69.7 Å². The Hall–Kier alpha value is -1.10. The maximum Gasteiger partial charge on any atom is 0.336 e. The highest BCUT2D eigenvalue weighted by Crippen LogP contribution is 2.35. The van der Waals surface area contributed by atoms with Gasteiger partial charge >= 0.3 is 5.97 Å². The largest absolute Gasteiger partial charge is 0.479 e. The number of ether oxygens (including phenoxy) is 1. The Bertz CT molecular complexity index is 198. The van der Waals surface area contributed by atoms with E-state index in [-0.39, 0.29) is 6.04 Å². The van der Waals surface area contributed by atoms with Crippen LogP contribution in [-0.2, 0) is 14.3 Å². The predicted molar refractivity (Wildman–Crippen MR) is 39.6 cm³/mol. The highest BCUT2D eigenvalue weighted by Gasteiger charge is 2.51. The number of amides is 1. The minimum absolute atomic E-state index is 0.0569. The van der Waals surface area contributed by atoms with Gasteiger partial charge in [0.1, 0.15) is 0 Å². The summed E-state index contributed by atoms with van der Waals surface area (Å²) in [6.45, 7) is 0. The van der Waals surface area contributed by atoms with Crippen LogP contribution in [0.1, 0.15) is 12.8 Å². The van der Waals surface area contributed by atoms with Gasteiger partial charge in [0.25, 0.3) is 0 Å². The maximum absolute atomic E-state index is 10.6. The van der Waals surface area contributed by atoms with Gasteiger partial charge in [0.05, 0.1) is 0 Å². The number of methoxy groups -OCH3 is 1. The summed E-state index contributed by atoms with van der Waals surface area (Å²) in [5, 5.41) is 11.2. The van der Waals surface area contributed by atoms with Crippen LogP contribution in [0.15, 0.2) is 0 Å². The molecule has 1 aliphatic rings. The summed E-state index contributed by atoms with van der Waals surface area (Å²) >= 11 is 0. The molecule has 12 heavy (non-hydrogen) atoms. The van der Waals surface area contributed by atoms with Gasteiger partial charge in [0, 0.05) is 26.0 Å². The Kier molecular flexibility index (Phi) is 2.32. The molecule has 5 heteroatoms. The molecule has 0 heterocycles. The van der Waals surface area contributed by atoms with Crippen molar-refractivity contribution in [2.75, 3.05) is 7.11 Å². The van der Waals surface area contributed by atoms with Gasteiger partial charge in [-0.15, -0.1) is 0 Å². The second-order valence-corrected chi connectivity index (χ2v) is 2.89. The maximum atomic E-state index is 10.6. The zero-order chi connectivity index (χ0) is 9.19. The third-order valence-corrected chi connectivity index (χ3v) is 2.24. The quantitative estimate of drug-likeness (QED) is 0.555. The Balaban J connectivity index is 2.46. The van der Waals surface area contributed by atoms with E-state index in [1.165, 1.54) is 7.11 Å². The first-order valence-electron chi connectivity index (χ1n) is 3.63. The number of hydrogen-bond donors (Lipinski definition) is 2. The van der Waals surface area contributed by atoms with Crippen LogP contribution >= 0.6 is 0 Å². The van der Waals surface area contributed by atoms with Gasteiger partial charge in [-0.3, -0.25) is 4.79 Å². The fraction of sp³-hybridized carbons (Fsp3) is 0.714. The van der Waals surface area contributed by atoms with Gasteiger partial charge in [-0.25, -0.2) is 4.79 Å². The summed E-state index contributed by atoms with van der Waals surface area (Å²) in [6.07, 6.45) is 1.27. The van der Waals surface area contributed by atoms with Crippen LogP contribution in [0.4, 0.5) is 0 Å². The van der Waals surface area contributed by atoms with Crippen LogP contribution in [0.25, 0.3) is 0 Å². The van der Waals surface area contributed by atoms with E-state index in [1.54, 1.807) is 0 Å². The Morgan fingerprint density at radius 3 is 2.67 bits per heavy atom. The van der Waals surface area contributed by atoms with Gasteiger partial charge in [-0.05, 0) is 0 Å². The molecule has 0 aromatic carbocycles. The molecule has 0 atom stereocenters. The number of carboxylic acid groups (broad SMARTS) is 1. The molecular formula is C7H11NO4. The van der Waals surface area contributed by atoms with Crippen molar-refractivity contribution >= 4 is 12.4 Å². The fourth-order valence-electron chi connectivity index (χ4n) is 1.38. The zero-order valence-electron chi connectivity index (χ0n) is 6.74. The first-order chi connectivity index (χ1) is 5.64. The van der Waals surface area contributed by atoms with E-state index in [0.29, 0.717) is 19.3 Å². The Morgan fingerprint density at radius 1 is 1.75 bits per heavy atom. The molecule has 0 aromatic rings. The number of carboxylic acids is 1. The minimum Gasteiger partial charge on any atom is -0.479 e. The van der Waals surface area contributed by atoms with Crippen LogP contribution in [0.3, 0.4) is 0 Å². The lowest BCUT2D eigenvalue weighted by atomic mass is 9.75. The molecule has 1 aliphatic carbocycles. The normalized spacial score (nSPS) is 33.6. The first kappa shape index (κ1) is 8.99. The van der Waals surface area contributed by atoms with E-state index in [1.807, 2.05) is 0 Å². The summed E-state index contributed by atoms with van der Waals surface area (Å²) in [7, 11) is 1.37. The smallest absolute Gasteiger partial charge is 0.336 e. The lowest BCUT2D eigenvalue weighted by Crippen LogP contribution is -2.59. The van der Waals surface area contributed by atoms with Crippen LogP contribution in [0.2, 0.25) is 0 Å². The monoisotopic (exact) mass is 173 g/mol. The lowest BCUT2D eigenvalue weighted by molar-refractivity contribution is -0.177. The lowest BCUT2D eigenvalue weighted by Gasteiger charge is -2.42. The highest BCUT2D eigenvalue weighted by atomic mass is 16.5. The molecule has 0 radical (unpaired) electrons. The standard InChI is InChI=1S/C7H11NO4/c1-12-7(6(10)11)2-5(3-7)8-4-9/h4-5H,2-3H2,1H3,(H,8,9)(H,10,11). The zero-order valence-corrected chi connectivity index (χ0v) is 6.74. The van der Waals surface area contributed by atoms with E-state index < -0.39 is 11.6 Å². The van der Waals surface area contributed by atoms with Crippen molar-refractivity contribution in [3.05, 3.63) is 0 Å². The molecule has 0 saturated heterocycles. The molecule has 0 aliphatic heterocycles. The van der Waals surface area contributed by atoms with Crippen LogP contribution in [0.5, 0.6) is 0 Å². The van der Waals surface area contributed by atoms with E-state index in [4.69, 9.17) is 9.84 Å². The average molecular weight is 173 g/mol. The van der Waals surface area contributed by atoms with Crippen molar-refractivity contribution < 1.29 is 19.4 Å². The number of hydrogen-bond acceptors (Lipinski definition) is 3. The molecule has 5 nitrogen and oxygen atoms in total. The number of rotatable bonds is 4. The van der Waals surface area contributed by atoms with Crippen LogP contribution < -0.4 is 5.32 Å². The topological polar surface area (TPSA) is 75.6 Å². The second kappa shape index (κ2) is 3.10. The molecule has 0 aromatic heterocycles. The summed E-state index contributed by atoms with van der Waals surface area (Å²) in [6, 6.07) is -0.0569. The number of aliphatic carboxylic acids is 1. The van der Waals surface area contributed by atoms with Crippen molar-refractivity contribution in [1.29, 1.82) is 0 Å². The second-order valence-electron chi connectivity index (χ2n) is 2.89. The van der Waals surface area contributed by atoms with E-state index in [0.717, 1.165) is 0 Å². The van der Waals surface area contributed by atoms with Gasteiger partial charge in [-0.2, -0.15) is 0 Å². The van der Waals surface area contributed by atoms with Crippen molar-refractivity contribution in [3.8, 4) is 0 Å². The van der Waals surface area contributed by atoms with Crippen molar-refractivity contribution in [3.63, 3.8) is 0 Å². The minimum atomic E-state index is -1.07. The van der Waals surface area contributed by atoms with E-state index >= 15 is 0 Å². The fourth-order valence-corrected chi connectivity index (χ4v) is 1.38. The van der Waals surface area contributed by atoms with Crippen molar-refractivity contribution in [2.24, 2.45) is 0 Å². The average Bonchev–Trinajstić information content (AvgIpc) is 1.95. The van der Waals surface area contributed by atoms with E-state index in [2.05, 4.69) is 5.32 Å². The molecule has 68 valence electrons. The van der Waals surface area contributed by atoms with Crippen LogP contribution in [-0.4, -0.2) is 36.2 Å². The molecular weight excluding hydrogens is 162 g/mol. The molecule has 1 fully saturated rings. The molecule has 1 saturated carbocycles. The third kappa shape index (κ3) is 1.27.